The van der Waals surface area contributed by atoms with E-state index in [2.05, 4.69) is 5.32 Å². The highest BCUT2D eigenvalue weighted by Crippen LogP contribution is 2.30. The molecule has 0 radical (unpaired) electrons. The van der Waals surface area contributed by atoms with Crippen LogP contribution in [0.5, 0.6) is 0 Å². The Morgan fingerprint density at radius 2 is 1.77 bits per heavy atom. The lowest BCUT2D eigenvalue weighted by Crippen LogP contribution is -2.12. The molecule has 1 amide bonds. The number of hydrogen-bond acceptors (Lipinski definition) is 2. The normalized spacial score (nSPS) is 10.5. The molecule has 0 aliphatic heterocycles. The smallest absolute Gasteiger partial charge is 0.225 e. The Hall–Kier alpha value is -1.30. The van der Waals surface area contributed by atoms with Crippen LogP contribution >= 0.6 is 35.0 Å². The lowest BCUT2D eigenvalue weighted by molar-refractivity contribution is -0.115. The summed E-state index contributed by atoms with van der Waals surface area (Å²) in [5, 5.41) is 3.35. The molecule has 7 heteroatoms. The third-order valence-electron chi connectivity index (χ3n) is 2.72. The van der Waals surface area contributed by atoms with Crippen LogP contribution in [0.4, 0.5) is 14.5 Å². The maximum absolute atomic E-state index is 13.0. The van der Waals surface area contributed by atoms with Gasteiger partial charge in [-0.3, -0.25) is 4.79 Å². The number of amides is 1. The molecule has 0 unspecified atom stereocenters. The summed E-state index contributed by atoms with van der Waals surface area (Å²) >= 11 is 13.2. The van der Waals surface area contributed by atoms with E-state index in [4.69, 9.17) is 23.2 Å². The van der Waals surface area contributed by atoms with Crippen LogP contribution in [0.3, 0.4) is 0 Å². The van der Waals surface area contributed by atoms with E-state index in [0.29, 0.717) is 26.4 Å². The zero-order valence-corrected chi connectivity index (χ0v) is 13.5. The first-order valence-corrected chi connectivity index (χ1v) is 8.03. The molecule has 1 N–H and O–H groups in total. The summed E-state index contributed by atoms with van der Waals surface area (Å²) in [4.78, 5) is 12.4. The van der Waals surface area contributed by atoms with Gasteiger partial charge in [-0.15, -0.1) is 11.8 Å². The Morgan fingerprint density at radius 3 is 2.41 bits per heavy atom. The standard InChI is InChI=1S/C15H11Cl2F2NOS/c16-10-2-1-3-11(17)15(10)20-14(21)6-7-22-9-4-5-12(18)13(19)8-9/h1-5,8H,6-7H2,(H,20,21). The first-order chi connectivity index (χ1) is 10.5. The van der Waals surface area contributed by atoms with Crippen LogP contribution < -0.4 is 5.32 Å². The van der Waals surface area contributed by atoms with Gasteiger partial charge >= 0.3 is 0 Å². The van der Waals surface area contributed by atoms with Crippen molar-refractivity contribution in [1.29, 1.82) is 0 Å². The van der Waals surface area contributed by atoms with Gasteiger partial charge in [0.1, 0.15) is 0 Å². The Kier molecular flexibility index (Phi) is 6.06. The number of nitrogens with one attached hydrogen (secondary N) is 1. The molecule has 0 aromatic heterocycles. The van der Waals surface area contributed by atoms with Gasteiger partial charge in [0.25, 0.3) is 0 Å². The summed E-state index contributed by atoms with van der Waals surface area (Å²) in [5.41, 5.74) is 0.369. The van der Waals surface area contributed by atoms with Crippen molar-refractivity contribution in [2.75, 3.05) is 11.1 Å². The van der Waals surface area contributed by atoms with Crippen molar-refractivity contribution >= 4 is 46.6 Å². The summed E-state index contributed by atoms with van der Waals surface area (Å²) < 4.78 is 25.8. The van der Waals surface area contributed by atoms with Gasteiger partial charge in [0.05, 0.1) is 15.7 Å². The molecule has 0 fully saturated rings. The van der Waals surface area contributed by atoms with Crippen LogP contribution in [0.25, 0.3) is 0 Å². The lowest BCUT2D eigenvalue weighted by atomic mass is 10.3. The van der Waals surface area contributed by atoms with Crippen molar-refractivity contribution < 1.29 is 13.6 Å². The van der Waals surface area contributed by atoms with E-state index in [1.54, 1.807) is 18.2 Å². The van der Waals surface area contributed by atoms with Crippen molar-refractivity contribution in [3.05, 3.63) is 58.1 Å². The molecule has 0 aliphatic carbocycles. The number of hydrogen-bond donors (Lipinski definition) is 1. The predicted octanol–water partition coefficient (Wildman–Crippen LogP) is 5.39. The maximum Gasteiger partial charge on any atom is 0.225 e. The van der Waals surface area contributed by atoms with Gasteiger partial charge in [-0.1, -0.05) is 29.3 Å². The second-order valence-electron chi connectivity index (χ2n) is 4.32. The van der Waals surface area contributed by atoms with E-state index in [0.717, 1.165) is 12.1 Å². The SMILES string of the molecule is O=C(CCSc1ccc(F)c(F)c1)Nc1c(Cl)cccc1Cl. The van der Waals surface area contributed by atoms with Crippen LogP contribution in [0, 0.1) is 11.6 Å². The molecule has 2 nitrogen and oxygen atoms in total. The highest BCUT2D eigenvalue weighted by molar-refractivity contribution is 7.99. The highest BCUT2D eigenvalue weighted by Gasteiger charge is 2.10. The van der Waals surface area contributed by atoms with Crippen LogP contribution in [0.2, 0.25) is 10.0 Å². The van der Waals surface area contributed by atoms with E-state index in [9.17, 15) is 13.6 Å². The minimum Gasteiger partial charge on any atom is -0.324 e. The summed E-state index contributed by atoms with van der Waals surface area (Å²) in [6.45, 7) is 0. The largest absolute Gasteiger partial charge is 0.324 e. The Morgan fingerprint density at radius 1 is 1.09 bits per heavy atom. The van der Waals surface area contributed by atoms with Gasteiger partial charge < -0.3 is 5.32 Å². The lowest BCUT2D eigenvalue weighted by Gasteiger charge is -2.09. The zero-order valence-electron chi connectivity index (χ0n) is 11.2. The van der Waals surface area contributed by atoms with Gasteiger partial charge in [-0.05, 0) is 30.3 Å². The first kappa shape index (κ1) is 17.1. The van der Waals surface area contributed by atoms with Crippen molar-refractivity contribution in [3.63, 3.8) is 0 Å². The minimum atomic E-state index is -0.905. The summed E-state index contributed by atoms with van der Waals surface area (Å²) in [6, 6.07) is 8.55. The fourth-order valence-electron chi connectivity index (χ4n) is 1.65. The molecule has 2 aromatic carbocycles. The van der Waals surface area contributed by atoms with Gasteiger partial charge in [0.15, 0.2) is 11.6 Å². The number of carbonyl (C=O) groups excluding carboxylic acids is 1. The van der Waals surface area contributed by atoms with Gasteiger partial charge in [-0.25, -0.2) is 8.78 Å². The summed E-state index contributed by atoms with van der Waals surface area (Å²) in [7, 11) is 0. The fourth-order valence-corrected chi connectivity index (χ4v) is 3.01. The number of para-hydroxylation sites is 1. The monoisotopic (exact) mass is 361 g/mol. The first-order valence-electron chi connectivity index (χ1n) is 6.29. The Bertz CT molecular complexity index is 677. The molecule has 0 heterocycles. The molecule has 0 bridgehead atoms. The predicted molar refractivity (Wildman–Crippen MR) is 86.8 cm³/mol. The molecular formula is C15H11Cl2F2NOS. The average Bonchev–Trinajstić information content (AvgIpc) is 2.47. The number of halogens is 4. The number of carbonyl (C=O) groups is 1. The highest BCUT2D eigenvalue weighted by atomic mass is 35.5. The molecular weight excluding hydrogens is 351 g/mol. The van der Waals surface area contributed by atoms with Crippen LogP contribution in [-0.2, 0) is 4.79 Å². The quantitative estimate of drug-likeness (QED) is 0.723. The van der Waals surface area contributed by atoms with Crippen LogP contribution in [0.1, 0.15) is 6.42 Å². The van der Waals surface area contributed by atoms with Crippen LogP contribution in [0.15, 0.2) is 41.3 Å². The topological polar surface area (TPSA) is 29.1 Å². The van der Waals surface area contributed by atoms with E-state index >= 15 is 0 Å². The maximum atomic E-state index is 13.0. The summed E-state index contributed by atoms with van der Waals surface area (Å²) in [5.74, 6) is -1.64. The van der Waals surface area contributed by atoms with Crippen LogP contribution in [-0.4, -0.2) is 11.7 Å². The number of thioether (sulfide) groups is 1. The fraction of sp³-hybridized carbons (Fsp3) is 0.133. The van der Waals surface area contributed by atoms with E-state index in [-0.39, 0.29) is 12.3 Å². The van der Waals surface area contributed by atoms with Gasteiger partial charge in [-0.2, -0.15) is 0 Å². The number of benzene rings is 2. The number of anilines is 1. The van der Waals surface area contributed by atoms with Crippen molar-refractivity contribution in [2.24, 2.45) is 0 Å². The van der Waals surface area contributed by atoms with Crippen molar-refractivity contribution in [2.45, 2.75) is 11.3 Å². The molecule has 2 rings (SSSR count). The molecule has 0 saturated carbocycles. The molecule has 0 saturated heterocycles. The molecule has 116 valence electrons. The Labute approximate surface area is 140 Å². The molecule has 2 aromatic rings. The molecule has 0 atom stereocenters. The minimum absolute atomic E-state index is 0.186. The van der Waals surface area contributed by atoms with E-state index in [1.165, 1.54) is 17.8 Å². The molecule has 22 heavy (non-hydrogen) atoms. The van der Waals surface area contributed by atoms with Gasteiger partial charge in [0.2, 0.25) is 5.91 Å². The average molecular weight is 362 g/mol. The number of rotatable bonds is 5. The van der Waals surface area contributed by atoms with Gasteiger partial charge in [0, 0.05) is 17.1 Å². The van der Waals surface area contributed by atoms with Crippen molar-refractivity contribution in [1.82, 2.24) is 0 Å². The molecule has 0 aliphatic rings. The van der Waals surface area contributed by atoms with E-state index < -0.39 is 11.6 Å². The second kappa shape index (κ2) is 7.81. The molecule has 0 spiro atoms. The second-order valence-corrected chi connectivity index (χ2v) is 6.30. The van der Waals surface area contributed by atoms with Crippen molar-refractivity contribution in [3.8, 4) is 0 Å². The Balaban J connectivity index is 1.86. The summed E-state index contributed by atoms with van der Waals surface area (Å²) in [6.07, 6.45) is 0.186. The van der Waals surface area contributed by atoms with E-state index in [1.807, 2.05) is 0 Å². The third kappa shape index (κ3) is 4.60. The third-order valence-corrected chi connectivity index (χ3v) is 4.34. The zero-order chi connectivity index (χ0) is 16.1.